The molecule has 2 amide bonds. The summed E-state index contributed by atoms with van der Waals surface area (Å²) in [5.74, 6) is -0.885. The fourth-order valence-electron chi connectivity index (χ4n) is 4.55. The van der Waals surface area contributed by atoms with Crippen molar-refractivity contribution < 1.29 is 18.7 Å². The molecule has 2 aromatic carbocycles. The van der Waals surface area contributed by atoms with Crippen LogP contribution >= 0.6 is 11.3 Å². The zero-order chi connectivity index (χ0) is 25.5. The Morgan fingerprint density at radius 1 is 1.00 bits per heavy atom. The van der Waals surface area contributed by atoms with Crippen LogP contribution in [0.4, 0.5) is 10.1 Å². The van der Waals surface area contributed by atoms with Gasteiger partial charge in [-0.3, -0.25) is 14.5 Å². The highest BCUT2D eigenvalue weighted by atomic mass is 32.1. The minimum Gasteiger partial charge on any atom is -0.495 e. The third-order valence-corrected chi connectivity index (χ3v) is 7.32. The smallest absolute Gasteiger partial charge is 0.309 e. The average Bonchev–Trinajstić information content (AvgIpc) is 3.43. The van der Waals surface area contributed by atoms with E-state index in [9.17, 15) is 14.0 Å². The van der Waals surface area contributed by atoms with E-state index in [1.54, 1.807) is 30.6 Å². The van der Waals surface area contributed by atoms with Crippen molar-refractivity contribution >= 4 is 28.8 Å². The van der Waals surface area contributed by atoms with Crippen LogP contribution in [0.5, 0.6) is 5.75 Å². The number of piperazine rings is 1. The molecule has 0 saturated carbocycles. The normalized spacial score (nSPS) is 15.7. The summed E-state index contributed by atoms with van der Waals surface area (Å²) in [5, 5.41) is 7.53. The van der Waals surface area contributed by atoms with Gasteiger partial charge in [-0.25, -0.2) is 4.39 Å². The van der Waals surface area contributed by atoms with Gasteiger partial charge >= 0.3 is 11.8 Å². The maximum absolute atomic E-state index is 13.1. The first-order chi connectivity index (χ1) is 17.5. The number of thiophene rings is 1. The van der Waals surface area contributed by atoms with E-state index in [0.717, 1.165) is 48.1 Å². The van der Waals surface area contributed by atoms with Crippen molar-refractivity contribution in [2.45, 2.75) is 25.6 Å². The summed E-state index contributed by atoms with van der Waals surface area (Å²) in [5.41, 5.74) is 1.79. The largest absolute Gasteiger partial charge is 0.495 e. The zero-order valence-electron chi connectivity index (χ0n) is 20.4. The molecule has 0 bridgehead atoms. The minimum absolute atomic E-state index is 0.0568. The van der Waals surface area contributed by atoms with Gasteiger partial charge < -0.3 is 20.3 Å². The van der Waals surface area contributed by atoms with Gasteiger partial charge in [0.15, 0.2) is 0 Å². The van der Waals surface area contributed by atoms with Crippen LogP contribution in [0.3, 0.4) is 0 Å². The predicted octanol–water partition coefficient (Wildman–Crippen LogP) is 3.58. The number of ether oxygens (including phenoxy) is 1. The van der Waals surface area contributed by atoms with E-state index < -0.39 is 11.8 Å². The summed E-state index contributed by atoms with van der Waals surface area (Å²) in [7, 11) is 1.68. The van der Waals surface area contributed by atoms with Gasteiger partial charge in [0.25, 0.3) is 0 Å². The molecular weight excluding hydrogens is 479 g/mol. The molecule has 2 heterocycles. The maximum Gasteiger partial charge on any atom is 0.309 e. The lowest BCUT2D eigenvalue weighted by Gasteiger charge is -2.42. The SMILES string of the molecule is COc1ccccc1N1CCN([C@H](c2cccs2)[C@@H](C)NC(=O)C(=O)NCc2ccc(F)cc2)CC1. The molecular formula is C27H31FN4O3S. The summed E-state index contributed by atoms with van der Waals surface area (Å²) >= 11 is 1.64. The van der Waals surface area contributed by atoms with Crippen molar-refractivity contribution in [1.29, 1.82) is 0 Å². The van der Waals surface area contributed by atoms with Crippen molar-refractivity contribution in [3.05, 3.63) is 82.3 Å². The van der Waals surface area contributed by atoms with Crippen LogP contribution in [0.2, 0.25) is 0 Å². The molecule has 4 rings (SSSR count). The van der Waals surface area contributed by atoms with E-state index in [2.05, 4.69) is 32.6 Å². The molecule has 7 nitrogen and oxygen atoms in total. The fourth-order valence-corrected chi connectivity index (χ4v) is 5.51. The number of nitrogens with zero attached hydrogens (tertiary/aromatic N) is 2. The van der Waals surface area contributed by atoms with Crippen LogP contribution in [0.1, 0.15) is 23.4 Å². The predicted molar refractivity (Wildman–Crippen MR) is 140 cm³/mol. The van der Waals surface area contributed by atoms with Crippen LogP contribution < -0.4 is 20.3 Å². The number of hydrogen-bond donors (Lipinski definition) is 2. The number of carbonyl (C=O) groups is 2. The number of carbonyl (C=O) groups excluding carboxylic acids is 2. The standard InChI is InChI=1S/C27H31FN4O3S/c1-19(30-27(34)26(33)29-18-20-9-11-21(28)12-10-20)25(24-8-5-17-36-24)32-15-13-31(14-16-32)22-6-3-4-7-23(22)35-2/h3-12,17,19,25H,13-16,18H2,1-2H3,(H,29,33)(H,30,34)/t19-,25+/m1/s1. The summed E-state index contributed by atoms with van der Waals surface area (Å²) in [4.78, 5) is 30.9. The van der Waals surface area contributed by atoms with Gasteiger partial charge in [-0.15, -0.1) is 11.3 Å². The molecule has 36 heavy (non-hydrogen) atoms. The molecule has 0 unspecified atom stereocenters. The van der Waals surface area contributed by atoms with Gasteiger partial charge in [-0.2, -0.15) is 0 Å². The lowest BCUT2D eigenvalue weighted by molar-refractivity contribution is -0.140. The van der Waals surface area contributed by atoms with Gasteiger partial charge in [-0.05, 0) is 48.2 Å². The Hall–Kier alpha value is -3.43. The van der Waals surface area contributed by atoms with E-state index in [0.29, 0.717) is 0 Å². The molecule has 1 aliphatic rings. The number of amides is 2. The van der Waals surface area contributed by atoms with Crippen LogP contribution in [0, 0.1) is 5.82 Å². The Morgan fingerprint density at radius 3 is 2.39 bits per heavy atom. The van der Waals surface area contributed by atoms with E-state index in [1.165, 1.54) is 12.1 Å². The first-order valence-electron chi connectivity index (χ1n) is 11.9. The summed E-state index contributed by atoms with van der Waals surface area (Å²) in [6.45, 7) is 5.33. The van der Waals surface area contributed by atoms with E-state index >= 15 is 0 Å². The quantitative estimate of drug-likeness (QED) is 0.453. The number of benzene rings is 2. The topological polar surface area (TPSA) is 73.9 Å². The lowest BCUT2D eigenvalue weighted by atomic mass is 10.0. The van der Waals surface area contributed by atoms with Crippen molar-refractivity contribution in [1.82, 2.24) is 15.5 Å². The second kappa shape index (κ2) is 12.0. The van der Waals surface area contributed by atoms with Gasteiger partial charge in [0, 0.05) is 43.6 Å². The molecule has 1 aliphatic heterocycles. The first-order valence-corrected chi connectivity index (χ1v) is 12.8. The average molecular weight is 511 g/mol. The number of hydrogen-bond acceptors (Lipinski definition) is 6. The molecule has 2 atom stereocenters. The highest BCUT2D eigenvalue weighted by Crippen LogP contribution is 2.32. The Balaban J connectivity index is 1.38. The fraction of sp³-hybridized carbons (Fsp3) is 0.333. The Morgan fingerprint density at radius 2 is 1.72 bits per heavy atom. The van der Waals surface area contributed by atoms with Crippen molar-refractivity contribution in [3.63, 3.8) is 0 Å². The molecule has 0 spiro atoms. The van der Waals surface area contributed by atoms with E-state index in [1.807, 2.05) is 36.6 Å². The van der Waals surface area contributed by atoms with Gasteiger partial charge in [0.1, 0.15) is 11.6 Å². The molecule has 9 heteroatoms. The highest BCUT2D eigenvalue weighted by Gasteiger charge is 2.32. The molecule has 0 radical (unpaired) electrons. The highest BCUT2D eigenvalue weighted by molar-refractivity contribution is 7.10. The number of halogens is 1. The minimum atomic E-state index is -0.711. The second-order valence-electron chi connectivity index (χ2n) is 8.73. The molecule has 1 fully saturated rings. The zero-order valence-corrected chi connectivity index (χ0v) is 21.3. The number of nitrogens with one attached hydrogen (secondary N) is 2. The number of methoxy groups -OCH3 is 1. The van der Waals surface area contributed by atoms with Gasteiger partial charge in [0.05, 0.1) is 18.8 Å². The Bertz CT molecular complexity index is 1150. The maximum atomic E-state index is 13.1. The third kappa shape index (κ3) is 6.22. The molecule has 2 N–H and O–H groups in total. The third-order valence-electron chi connectivity index (χ3n) is 6.37. The molecule has 0 aliphatic carbocycles. The summed E-state index contributed by atoms with van der Waals surface area (Å²) < 4.78 is 18.6. The number of rotatable bonds is 8. The van der Waals surface area contributed by atoms with Crippen molar-refractivity contribution in [2.75, 3.05) is 38.2 Å². The van der Waals surface area contributed by atoms with Gasteiger partial charge in [0.2, 0.25) is 0 Å². The van der Waals surface area contributed by atoms with Crippen LogP contribution in [-0.2, 0) is 16.1 Å². The van der Waals surface area contributed by atoms with Crippen LogP contribution in [0.25, 0.3) is 0 Å². The van der Waals surface area contributed by atoms with Gasteiger partial charge in [-0.1, -0.05) is 30.3 Å². The van der Waals surface area contributed by atoms with E-state index in [-0.39, 0.29) is 24.4 Å². The molecule has 3 aromatic rings. The Kier molecular flexibility index (Phi) is 8.56. The summed E-state index contributed by atoms with van der Waals surface area (Å²) in [6, 6.07) is 17.5. The first kappa shape index (κ1) is 25.7. The summed E-state index contributed by atoms with van der Waals surface area (Å²) in [6.07, 6.45) is 0. The molecule has 1 saturated heterocycles. The van der Waals surface area contributed by atoms with Crippen molar-refractivity contribution in [3.8, 4) is 5.75 Å². The number of para-hydroxylation sites is 2. The Labute approximate surface area is 214 Å². The second-order valence-corrected chi connectivity index (χ2v) is 9.71. The molecule has 190 valence electrons. The van der Waals surface area contributed by atoms with Crippen LogP contribution in [-0.4, -0.2) is 56.0 Å². The molecule has 1 aromatic heterocycles. The monoisotopic (exact) mass is 510 g/mol. The van der Waals surface area contributed by atoms with Crippen LogP contribution in [0.15, 0.2) is 66.0 Å². The lowest BCUT2D eigenvalue weighted by Crippen LogP contribution is -2.53. The van der Waals surface area contributed by atoms with Crippen molar-refractivity contribution in [2.24, 2.45) is 0 Å². The number of anilines is 1. The van der Waals surface area contributed by atoms with E-state index in [4.69, 9.17) is 4.74 Å².